The number of hydrogen-bond donors (Lipinski definition) is 0. The zero-order valence-electron chi connectivity index (χ0n) is 19.4. The molecule has 32 heavy (non-hydrogen) atoms. The van der Waals surface area contributed by atoms with E-state index in [4.69, 9.17) is 0 Å². The molecule has 1 aromatic heterocycles. The van der Waals surface area contributed by atoms with Crippen molar-refractivity contribution in [3.05, 3.63) is 72.1 Å². The summed E-state index contributed by atoms with van der Waals surface area (Å²) in [5, 5.41) is 0. The average molecular weight is 435 g/mol. The molecule has 0 N–H and O–H groups in total. The Morgan fingerprint density at radius 1 is 1.06 bits per heavy atom. The van der Waals surface area contributed by atoms with Crippen LogP contribution in [0.2, 0.25) is 0 Å². The molecule has 2 heterocycles. The smallest absolute Gasteiger partial charge is 0.246 e. The van der Waals surface area contributed by atoms with Gasteiger partial charge in [-0.05, 0) is 63.0 Å². The van der Waals surface area contributed by atoms with Crippen molar-refractivity contribution in [1.82, 2.24) is 19.7 Å². The number of likely N-dealkylation sites (N-methyl/N-ethyl adjacent to an activating group) is 2. The second-order valence-electron chi connectivity index (χ2n) is 8.75. The molecule has 3 rings (SSSR count). The van der Waals surface area contributed by atoms with Gasteiger partial charge in [0.15, 0.2) is 0 Å². The highest BCUT2D eigenvalue weighted by Crippen LogP contribution is 2.27. The Morgan fingerprint density at radius 3 is 2.38 bits per heavy atom. The van der Waals surface area contributed by atoms with Gasteiger partial charge in [-0.3, -0.25) is 14.6 Å². The summed E-state index contributed by atoms with van der Waals surface area (Å²) < 4.78 is 0. The minimum absolute atomic E-state index is 0.0192. The summed E-state index contributed by atoms with van der Waals surface area (Å²) in [7, 11) is 5.76. The van der Waals surface area contributed by atoms with Crippen molar-refractivity contribution in [3.63, 3.8) is 0 Å². The third-order valence-corrected chi connectivity index (χ3v) is 6.11. The standard InChI is InChI=1S/C26H34N4O2/c1-28(2)20-26(32)29(3)24(19-21-9-5-4-6-10-21)22-14-17-30(18-15-22)25(31)13-12-23-11-7-8-16-27-23/h4-13,16,22,24H,14-15,17-20H2,1-3H3. The van der Waals surface area contributed by atoms with Gasteiger partial charge in [-0.1, -0.05) is 36.4 Å². The molecule has 2 amide bonds. The third-order valence-electron chi connectivity index (χ3n) is 6.11. The molecule has 0 saturated carbocycles. The van der Waals surface area contributed by atoms with Gasteiger partial charge >= 0.3 is 0 Å². The van der Waals surface area contributed by atoms with Gasteiger partial charge in [-0.15, -0.1) is 0 Å². The minimum atomic E-state index is 0.0192. The molecule has 1 aliphatic heterocycles. The van der Waals surface area contributed by atoms with Crippen molar-refractivity contribution in [1.29, 1.82) is 0 Å². The van der Waals surface area contributed by atoms with Crippen molar-refractivity contribution < 1.29 is 9.59 Å². The molecule has 6 heteroatoms. The first-order chi connectivity index (χ1) is 15.4. The maximum Gasteiger partial charge on any atom is 0.246 e. The van der Waals surface area contributed by atoms with Crippen LogP contribution in [0.1, 0.15) is 24.1 Å². The van der Waals surface area contributed by atoms with E-state index in [2.05, 4.69) is 17.1 Å². The summed E-state index contributed by atoms with van der Waals surface area (Å²) >= 11 is 0. The lowest BCUT2D eigenvalue weighted by Gasteiger charge is -2.40. The molecular weight excluding hydrogens is 400 g/mol. The van der Waals surface area contributed by atoms with Crippen LogP contribution in [0.5, 0.6) is 0 Å². The quantitative estimate of drug-likeness (QED) is 0.600. The molecule has 1 fully saturated rings. The number of nitrogens with zero attached hydrogens (tertiary/aromatic N) is 4. The molecule has 0 bridgehead atoms. The normalized spacial score (nSPS) is 15.8. The first-order valence-electron chi connectivity index (χ1n) is 11.3. The number of benzene rings is 1. The van der Waals surface area contributed by atoms with Gasteiger partial charge in [-0.2, -0.15) is 0 Å². The molecule has 6 nitrogen and oxygen atoms in total. The van der Waals surface area contributed by atoms with E-state index in [0.29, 0.717) is 25.6 Å². The van der Waals surface area contributed by atoms with Gasteiger partial charge in [0.2, 0.25) is 11.8 Å². The van der Waals surface area contributed by atoms with Crippen LogP contribution in [0.4, 0.5) is 0 Å². The number of carbonyl (C=O) groups is 2. The molecule has 170 valence electrons. The Kier molecular flexibility index (Phi) is 8.56. The van der Waals surface area contributed by atoms with E-state index in [-0.39, 0.29) is 17.9 Å². The first-order valence-corrected chi connectivity index (χ1v) is 11.3. The number of piperidine rings is 1. The molecule has 0 aliphatic carbocycles. The number of amides is 2. The molecule has 2 aromatic rings. The van der Waals surface area contributed by atoms with Gasteiger partial charge in [-0.25, -0.2) is 0 Å². The van der Waals surface area contributed by atoms with Crippen molar-refractivity contribution in [3.8, 4) is 0 Å². The molecule has 1 aliphatic rings. The van der Waals surface area contributed by atoms with E-state index in [1.54, 1.807) is 18.3 Å². The van der Waals surface area contributed by atoms with Gasteiger partial charge < -0.3 is 14.7 Å². The van der Waals surface area contributed by atoms with Gasteiger partial charge in [0.05, 0.1) is 12.2 Å². The largest absolute Gasteiger partial charge is 0.341 e. The van der Waals surface area contributed by atoms with E-state index in [9.17, 15) is 9.59 Å². The second-order valence-corrected chi connectivity index (χ2v) is 8.75. The van der Waals surface area contributed by atoms with Crippen LogP contribution in [-0.2, 0) is 16.0 Å². The lowest BCUT2D eigenvalue weighted by molar-refractivity contribution is -0.135. The lowest BCUT2D eigenvalue weighted by Crippen LogP contribution is -2.50. The van der Waals surface area contributed by atoms with Crippen LogP contribution < -0.4 is 0 Å². The van der Waals surface area contributed by atoms with Gasteiger partial charge in [0.1, 0.15) is 0 Å². The lowest BCUT2D eigenvalue weighted by atomic mass is 9.85. The van der Waals surface area contributed by atoms with E-state index >= 15 is 0 Å². The Morgan fingerprint density at radius 2 is 1.75 bits per heavy atom. The van der Waals surface area contributed by atoms with Crippen LogP contribution in [0.3, 0.4) is 0 Å². The van der Waals surface area contributed by atoms with E-state index in [1.807, 2.05) is 72.2 Å². The highest BCUT2D eigenvalue weighted by molar-refractivity contribution is 5.91. The molecular formula is C26H34N4O2. The summed E-state index contributed by atoms with van der Waals surface area (Å²) in [6, 6.07) is 16.1. The predicted molar refractivity (Wildman–Crippen MR) is 128 cm³/mol. The number of hydrogen-bond acceptors (Lipinski definition) is 4. The molecule has 1 saturated heterocycles. The van der Waals surface area contributed by atoms with E-state index in [0.717, 1.165) is 25.0 Å². The number of carbonyl (C=O) groups excluding carboxylic acids is 2. The van der Waals surface area contributed by atoms with Crippen molar-refractivity contribution in [2.75, 3.05) is 40.8 Å². The van der Waals surface area contributed by atoms with Crippen molar-refractivity contribution >= 4 is 17.9 Å². The molecule has 1 aromatic carbocycles. The maximum absolute atomic E-state index is 12.8. The molecule has 1 atom stereocenters. The van der Waals surface area contributed by atoms with Crippen LogP contribution in [0, 0.1) is 5.92 Å². The zero-order chi connectivity index (χ0) is 22.9. The summed E-state index contributed by atoms with van der Waals surface area (Å²) in [6.45, 7) is 1.81. The SMILES string of the molecule is CN(C)CC(=O)N(C)C(Cc1ccccc1)C1CCN(C(=O)C=Cc2ccccn2)CC1. The summed E-state index contributed by atoms with van der Waals surface area (Å²) in [5.74, 6) is 0.508. The average Bonchev–Trinajstić information content (AvgIpc) is 2.81. The van der Waals surface area contributed by atoms with E-state index in [1.165, 1.54) is 5.56 Å². The highest BCUT2D eigenvalue weighted by Gasteiger charge is 2.32. The molecule has 1 unspecified atom stereocenters. The number of pyridine rings is 1. The fraction of sp³-hybridized carbons (Fsp3) is 0.423. The number of aromatic nitrogens is 1. The van der Waals surface area contributed by atoms with E-state index < -0.39 is 0 Å². The van der Waals surface area contributed by atoms with Crippen LogP contribution in [-0.4, -0.2) is 78.3 Å². The molecule has 0 spiro atoms. The van der Waals surface area contributed by atoms with Crippen LogP contribution >= 0.6 is 0 Å². The highest BCUT2D eigenvalue weighted by atomic mass is 16.2. The maximum atomic E-state index is 12.8. The fourth-order valence-electron chi connectivity index (χ4n) is 4.28. The second kappa shape index (κ2) is 11.6. The predicted octanol–water partition coefficient (Wildman–Crippen LogP) is 2.96. The Bertz CT molecular complexity index is 891. The van der Waals surface area contributed by atoms with Gasteiger partial charge in [0, 0.05) is 38.5 Å². The summed E-state index contributed by atoms with van der Waals surface area (Å²) in [4.78, 5) is 35.4. The number of rotatable bonds is 8. The van der Waals surface area contributed by atoms with Crippen LogP contribution in [0.25, 0.3) is 6.08 Å². The Hall–Kier alpha value is -2.99. The monoisotopic (exact) mass is 434 g/mol. The first kappa shape index (κ1) is 23.7. The third kappa shape index (κ3) is 6.76. The fourth-order valence-corrected chi connectivity index (χ4v) is 4.28. The minimum Gasteiger partial charge on any atom is -0.341 e. The summed E-state index contributed by atoms with van der Waals surface area (Å²) in [6.07, 6.45) is 7.70. The molecule has 0 radical (unpaired) electrons. The number of likely N-dealkylation sites (tertiary alicyclic amines) is 1. The topological polar surface area (TPSA) is 56.8 Å². The van der Waals surface area contributed by atoms with Crippen molar-refractivity contribution in [2.24, 2.45) is 5.92 Å². The van der Waals surface area contributed by atoms with Gasteiger partial charge in [0.25, 0.3) is 0 Å². The Balaban J connectivity index is 1.64. The summed E-state index contributed by atoms with van der Waals surface area (Å²) in [5.41, 5.74) is 2.01. The van der Waals surface area contributed by atoms with Crippen LogP contribution in [0.15, 0.2) is 60.8 Å². The zero-order valence-corrected chi connectivity index (χ0v) is 19.4. The van der Waals surface area contributed by atoms with Crippen molar-refractivity contribution in [2.45, 2.75) is 25.3 Å². The Labute approximate surface area is 191 Å².